The maximum atomic E-state index is 4.28. The van der Waals surface area contributed by atoms with Crippen molar-refractivity contribution in [2.24, 2.45) is 0 Å². The minimum Gasteiger partial charge on any atom is -0.370 e. The van der Waals surface area contributed by atoms with E-state index in [0.717, 1.165) is 12.4 Å². The van der Waals surface area contributed by atoms with Crippen LogP contribution in [0.5, 0.6) is 0 Å². The molecule has 0 saturated heterocycles. The van der Waals surface area contributed by atoms with Gasteiger partial charge >= 0.3 is 0 Å². The van der Waals surface area contributed by atoms with Crippen LogP contribution in [0.15, 0.2) is 18.3 Å². The van der Waals surface area contributed by atoms with Gasteiger partial charge in [-0.25, -0.2) is 4.98 Å². The molecule has 0 aliphatic rings. The van der Waals surface area contributed by atoms with Crippen LogP contribution >= 0.6 is 0 Å². The summed E-state index contributed by atoms with van der Waals surface area (Å²) in [6.45, 7) is 5.39. The Balaban J connectivity index is 2.03. The summed E-state index contributed by atoms with van der Waals surface area (Å²) < 4.78 is 0. The lowest BCUT2D eigenvalue weighted by molar-refractivity contribution is 0.617. The van der Waals surface area contributed by atoms with Crippen molar-refractivity contribution in [2.45, 2.75) is 52.4 Å². The zero-order chi connectivity index (χ0) is 11.6. The van der Waals surface area contributed by atoms with E-state index in [9.17, 15) is 0 Å². The third-order valence-electron chi connectivity index (χ3n) is 2.75. The number of hydrogen-bond acceptors (Lipinski definition) is 2. The van der Waals surface area contributed by atoms with Gasteiger partial charge in [0.2, 0.25) is 0 Å². The van der Waals surface area contributed by atoms with E-state index in [0.29, 0.717) is 0 Å². The van der Waals surface area contributed by atoms with Crippen molar-refractivity contribution < 1.29 is 0 Å². The van der Waals surface area contributed by atoms with E-state index in [1.54, 1.807) is 0 Å². The second-order valence-electron chi connectivity index (χ2n) is 4.41. The van der Waals surface area contributed by atoms with Crippen LogP contribution in [0.1, 0.15) is 51.0 Å². The van der Waals surface area contributed by atoms with Gasteiger partial charge in [-0.3, -0.25) is 0 Å². The molecule has 0 aromatic carbocycles. The quantitative estimate of drug-likeness (QED) is 0.665. The monoisotopic (exact) mass is 220 g/mol. The highest BCUT2D eigenvalue weighted by Gasteiger charge is 1.93. The van der Waals surface area contributed by atoms with E-state index >= 15 is 0 Å². The molecular weight excluding hydrogens is 196 g/mol. The van der Waals surface area contributed by atoms with E-state index in [1.165, 1.54) is 44.1 Å². The molecule has 1 rings (SSSR count). The number of nitrogens with one attached hydrogen (secondary N) is 1. The standard InChI is InChI=1S/C14H24N2/c1-3-4-5-6-7-8-10-15-14-12-13(2)9-11-16-14/h9,11-12H,3-8,10H2,1-2H3,(H,15,16). The van der Waals surface area contributed by atoms with E-state index in [1.807, 2.05) is 12.3 Å². The average Bonchev–Trinajstić information content (AvgIpc) is 2.28. The van der Waals surface area contributed by atoms with Crippen molar-refractivity contribution >= 4 is 5.82 Å². The van der Waals surface area contributed by atoms with Crippen molar-refractivity contribution in [3.05, 3.63) is 23.9 Å². The van der Waals surface area contributed by atoms with Crippen molar-refractivity contribution in [2.75, 3.05) is 11.9 Å². The number of anilines is 1. The lowest BCUT2D eigenvalue weighted by Gasteiger charge is -2.05. The van der Waals surface area contributed by atoms with E-state index in [-0.39, 0.29) is 0 Å². The Kier molecular flexibility index (Phi) is 6.62. The zero-order valence-corrected chi connectivity index (χ0v) is 10.6. The predicted octanol–water partition coefficient (Wildman–Crippen LogP) is 4.16. The summed E-state index contributed by atoms with van der Waals surface area (Å²) in [5, 5.41) is 3.37. The summed E-state index contributed by atoms with van der Waals surface area (Å²) in [4.78, 5) is 4.28. The maximum Gasteiger partial charge on any atom is 0.126 e. The Hall–Kier alpha value is -1.05. The first-order valence-electron chi connectivity index (χ1n) is 6.49. The molecule has 1 heterocycles. The highest BCUT2D eigenvalue weighted by Crippen LogP contribution is 2.07. The van der Waals surface area contributed by atoms with Crippen LogP contribution in [-0.4, -0.2) is 11.5 Å². The topological polar surface area (TPSA) is 24.9 Å². The molecule has 2 heteroatoms. The van der Waals surface area contributed by atoms with Gasteiger partial charge in [0.25, 0.3) is 0 Å². The first kappa shape index (κ1) is 13.0. The van der Waals surface area contributed by atoms with Gasteiger partial charge in [0, 0.05) is 12.7 Å². The van der Waals surface area contributed by atoms with Gasteiger partial charge in [-0.1, -0.05) is 39.0 Å². The Morgan fingerprint density at radius 2 is 1.88 bits per heavy atom. The fourth-order valence-electron chi connectivity index (χ4n) is 1.75. The number of pyridine rings is 1. The fourth-order valence-corrected chi connectivity index (χ4v) is 1.75. The summed E-state index contributed by atoms with van der Waals surface area (Å²) in [6, 6.07) is 4.12. The summed E-state index contributed by atoms with van der Waals surface area (Å²) >= 11 is 0. The van der Waals surface area contributed by atoms with Crippen LogP contribution in [0.4, 0.5) is 5.82 Å². The average molecular weight is 220 g/mol. The minimum absolute atomic E-state index is 1.01. The van der Waals surface area contributed by atoms with Crippen LogP contribution in [0.25, 0.3) is 0 Å². The highest BCUT2D eigenvalue weighted by atomic mass is 15.0. The molecule has 0 saturated carbocycles. The van der Waals surface area contributed by atoms with Crippen LogP contribution in [0.2, 0.25) is 0 Å². The third-order valence-corrected chi connectivity index (χ3v) is 2.75. The SMILES string of the molecule is CCCCCCCCNc1cc(C)ccn1. The normalized spacial score (nSPS) is 10.4. The first-order valence-corrected chi connectivity index (χ1v) is 6.49. The Morgan fingerprint density at radius 3 is 2.62 bits per heavy atom. The molecule has 0 bridgehead atoms. The molecule has 1 aromatic heterocycles. The number of aryl methyl sites for hydroxylation is 1. The lowest BCUT2D eigenvalue weighted by atomic mass is 10.1. The Labute approximate surface area is 99.5 Å². The zero-order valence-electron chi connectivity index (χ0n) is 10.6. The lowest BCUT2D eigenvalue weighted by Crippen LogP contribution is -2.03. The van der Waals surface area contributed by atoms with Crippen molar-refractivity contribution in [1.29, 1.82) is 0 Å². The highest BCUT2D eigenvalue weighted by molar-refractivity contribution is 5.36. The number of hydrogen-bond donors (Lipinski definition) is 1. The maximum absolute atomic E-state index is 4.28. The van der Waals surface area contributed by atoms with E-state index in [2.05, 4.69) is 30.2 Å². The molecule has 16 heavy (non-hydrogen) atoms. The first-order chi connectivity index (χ1) is 7.83. The van der Waals surface area contributed by atoms with Gasteiger partial charge in [0.1, 0.15) is 5.82 Å². The van der Waals surface area contributed by atoms with Gasteiger partial charge in [-0.05, 0) is 31.0 Å². The number of unbranched alkanes of at least 4 members (excludes halogenated alkanes) is 5. The molecule has 0 aliphatic heterocycles. The smallest absolute Gasteiger partial charge is 0.126 e. The molecule has 1 N–H and O–H groups in total. The molecule has 0 atom stereocenters. The molecule has 0 fully saturated rings. The van der Waals surface area contributed by atoms with Crippen LogP contribution < -0.4 is 5.32 Å². The minimum atomic E-state index is 1.01. The molecule has 0 unspecified atom stereocenters. The van der Waals surface area contributed by atoms with E-state index < -0.39 is 0 Å². The molecular formula is C14H24N2. The molecule has 0 spiro atoms. The number of nitrogens with zero attached hydrogens (tertiary/aromatic N) is 1. The van der Waals surface area contributed by atoms with Gasteiger partial charge in [0.15, 0.2) is 0 Å². The van der Waals surface area contributed by atoms with Gasteiger partial charge in [-0.15, -0.1) is 0 Å². The molecule has 0 radical (unpaired) electrons. The molecule has 0 amide bonds. The van der Waals surface area contributed by atoms with Gasteiger partial charge in [0.05, 0.1) is 0 Å². The molecule has 90 valence electrons. The number of aromatic nitrogens is 1. The van der Waals surface area contributed by atoms with Gasteiger partial charge in [-0.2, -0.15) is 0 Å². The Bertz CT molecular complexity index is 284. The van der Waals surface area contributed by atoms with Crippen molar-refractivity contribution in [1.82, 2.24) is 4.98 Å². The van der Waals surface area contributed by atoms with Gasteiger partial charge < -0.3 is 5.32 Å². The second-order valence-corrected chi connectivity index (χ2v) is 4.41. The van der Waals surface area contributed by atoms with Crippen LogP contribution in [0.3, 0.4) is 0 Å². The second kappa shape index (κ2) is 8.14. The molecule has 1 aromatic rings. The van der Waals surface area contributed by atoms with E-state index in [4.69, 9.17) is 0 Å². The third kappa shape index (κ3) is 5.74. The largest absolute Gasteiger partial charge is 0.370 e. The van der Waals surface area contributed by atoms with Crippen molar-refractivity contribution in [3.8, 4) is 0 Å². The molecule has 0 aliphatic carbocycles. The molecule has 2 nitrogen and oxygen atoms in total. The van der Waals surface area contributed by atoms with Crippen LogP contribution in [-0.2, 0) is 0 Å². The van der Waals surface area contributed by atoms with Crippen LogP contribution in [0, 0.1) is 6.92 Å². The Morgan fingerprint density at radius 1 is 1.12 bits per heavy atom. The fraction of sp³-hybridized carbons (Fsp3) is 0.643. The number of rotatable bonds is 8. The predicted molar refractivity (Wildman–Crippen MR) is 70.8 cm³/mol. The summed E-state index contributed by atoms with van der Waals surface area (Å²) in [7, 11) is 0. The summed E-state index contributed by atoms with van der Waals surface area (Å²) in [5.41, 5.74) is 1.26. The summed E-state index contributed by atoms with van der Waals surface area (Å²) in [5.74, 6) is 1.01. The summed E-state index contributed by atoms with van der Waals surface area (Å²) in [6.07, 6.45) is 9.91. The van der Waals surface area contributed by atoms with Crippen molar-refractivity contribution in [3.63, 3.8) is 0 Å².